The van der Waals surface area contributed by atoms with Crippen LogP contribution in [-0.4, -0.2) is 87.1 Å². The number of nitrogens with one attached hydrogen (secondary N) is 4. The molecule has 5 aliphatic rings. The Morgan fingerprint density at radius 3 is 2.45 bits per heavy atom. The molecule has 2 fully saturated rings. The zero-order valence-corrected chi connectivity index (χ0v) is 48.9. The number of ketones is 2. The number of Topliss-reactive ketones (excluding diaryl/α,β-unsaturated/α-hetero) is 2. The summed E-state index contributed by atoms with van der Waals surface area (Å²) in [5.41, 5.74) is 7.88. The van der Waals surface area contributed by atoms with Gasteiger partial charge in [-0.05, 0) is 175 Å². The minimum Gasteiger partial charge on any atom is -0.507 e. The first-order valence-corrected chi connectivity index (χ1v) is 30.8. The number of ether oxygens (including phenoxy) is 1. The fraction of sp³-hybridized carbons (Fsp3) is 0.514. The Morgan fingerprint density at radius 2 is 1.66 bits per heavy atom. The van der Waals surface area contributed by atoms with Crippen LogP contribution in [0.4, 0.5) is 5.69 Å². The van der Waals surface area contributed by atoms with Gasteiger partial charge < -0.3 is 51.2 Å². The normalized spacial score (nSPS) is 27.4. The number of aliphatic hydroxyl groups is 3. The molecule has 0 radical (unpaired) electrons. The fourth-order valence-corrected chi connectivity index (χ4v) is 14.7. The van der Waals surface area contributed by atoms with Crippen LogP contribution in [-0.2, 0) is 34.3 Å². The molecule has 1 spiro atoms. The lowest BCUT2D eigenvalue weighted by molar-refractivity contribution is -0.142. The predicted octanol–water partition coefficient (Wildman–Crippen LogP) is 11.6. The number of phenols is 2. The third-order valence-electron chi connectivity index (χ3n) is 19.3. The molecule has 3 aliphatic carbocycles. The van der Waals surface area contributed by atoms with Gasteiger partial charge in [0.05, 0.1) is 25.2 Å². The Balaban J connectivity index is 1.12. The summed E-state index contributed by atoms with van der Waals surface area (Å²) in [4.78, 5) is 33.6. The van der Waals surface area contributed by atoms with Gasteiger partial charge in [0.25, 0.3) is 0 Å². The number of fused-ring (bicyclic) bond motifs is 10. The van der Waals surface area contributed by atoms with E-state index in [1.165, 1.54) is 7.11 Å². The average Bonchev–Trinajstić information content (AvgIpc) is 3.98. The minimum absolute atomic E-state index is 0.0118. The first-order valence-electron chi connectivity index (χ1n) is 30.8. The number of dihydropyridines is 1. The van der Waals surface area contributed by atoms with E-state index in [9.17, 15) is 30.3 Å². The number of anilines is 1. The van der Waals surface area contributed by atoms with Gasteiger partial charge >= 0.3 is 0 Å². The van der Waals surface area contributed by atoms with E-state index in [-0.39, 0.29) is 53.8 Å². The number of hydrogen-bond donors (Lipinski definition) is 9. The molecule has 12 nitrogen and oxygen atoms in total. The van der Waals surface area contributed by atoms with Crippen LogP contribution >= 0.6 is 0 Å². The van der Waals surface area contributed by atoms with E-state index in [4.69, 9.17) is 4.74 Å². The minimum atomic E-state index is -1.85. The molecule has 10 unspecified atom stereocenters. The van der Waals surface area contributed by atoms with Gasteiger partial charge in [-0.15, -0.1) is 0 Å². The third kappa shape index (κ3) is 12.9. The van der Waals surface area contributed by atoms with Crippen LogP contribution in [0.15, 0.2) is 103 Å². The second kappa shape index (κ2) is 26.1. The summed E-state index contributed by atoms with van der Waals surface area (Å²) in [6, 6.07) is 24.0. The maximum Gasteiger partial charge on any atom is 0.173 e. The molecule has 9 N–H and O–H groups in total. The standard InChI is InChI=1S/C70H88N4O8/c1-6-12-56-51-31-45(30-48-20-23-57(55-14-9-8-13-46(55)16-15-42(2)3)58-38-62(77)63(82-5)35-49(58)21-24-61(76)68(80)67(79)59(48)34-51)29-44-25-28-72-65(32-44)74-53-22-19-47-17-18-50(66(78)60(47)37-53)33-54(75)41-71-39-43(4)52-36-64(73-40-52)70(69(56)81)26-10-7-11-27-70/h8-9,13-14,17-19,22,25,32,35-38,40,42-43,45,48,51,54,56-57,59,68-69,71-75,77-78,80-81H,6-7,10-12,15-16,21,24,26-31,33-34,39,41H2,1-5H3. The number of carbonyl (C=O) groups excluding carboxylic acids is 2. The van der Waals surface area contributed by atoms with Gasteiger partial charge in [-0.2, -0.15) is 0 Å². The number of aromatic nitrogens is 1. The van der Waals surface area contributed by atoms with Crippen LogP contribution in [0.5, 0.6) is 17.2 Å². The monoisotopic (exact) mass is 1110 g/mol. The Labute approximate surface area is 485 Å². The number of aryl methyl sites for hydroxylation is 2. The second-order valence-corrected chi connectivity index (χ2v) is 25.3. The molecule has 4 aromatic carbocycles. The molecule has 436 valence electrons. The van der Waals surface area contributed by atoms with Crippen molar-refractivity contribution in [2.45, 2.75) is 166 Å². The van der Waals surface area contributed by atoms with Crippen molar-refractivity contribution in [1.82, 2.24) is 15.6 Å². The van der Waals surface area contributed by atoms with Gasteiger partial charge in [0.1, 0.15) is 11.6 Å². The van der Waals surface area contributed by atoms with Gasteiger partial charge in [-0.25, -0.2) is 0 Å². The number of methoxy groups -OCH3 is 1. The number of benzene rings is 4. The molecule has 9 bridgehead atoms. The zero-order chi connectivity index (χ0) is 57.7. The van der Waals surface area contributed by atoms with E-state index in [1.54, 1.807) is 12.1 Å². The van der Waals surface area contributed by atoms with Crippen molar-refractivity contribution in [3.05, 3.63) is 142 Å². The van der Waals surface area contributed by atoms with Crippen molar-refractivity contribution in [3.8, 4) is 29.1 Å². The SMILES string of the molecule is CCCC1C2CC(CC3=CCNC(=C3)Nc3ccc4ccc(c(O)c4c3)CC(O)CNCC(C)c3c[nH]c(c3)C3(CCCCC3)C1O)CC1C#CC(c3ccccc3CCC(C)C)c3cc(O)c(OC)cc3CCC(=O)C(O)C(=O)C1C2. The lowest BCUT2D eigenvalue weighted by Gasteiger charge is -2.46. The topological polar surface area (TPSA) is 196 Å². The predicted molar refractivity (Wildman–Crippen MR) is 325 cm³/mol. The first-order chi connectivity index (χ1) is 39.6. The molecule has 5 aromatic rings. The van der Waals surface area contributed by atoms with Crippen LogP contribution in [0.2, 0.25) is 0 Å². The lowest BCUT2D eigenvalue weighted by atomic mass is 9.61. The quantitative estimate of drug-likeness (QED) is 0.0556. The second-order valence-electron chi connectivity index (χ2n) is 25.3. The van der Waals surface area contributed by atoms with Crippen molar-refractivity contribution >= 4 is 28.0 Å². The number of allylic oxidation sites excluding steroid dienone is 2. The Morgan fingerprint density at radius 1 is 0.854 bits per heavy atom. The highest BCUT2D eigenvalue weighted by Gasteiger charge is 2.50. The molecule has 2 aliphatic heterocycles. The van der Waals surface area contributed by atoms with Gasteiger partial charge in [0, 0.05) is 72.7 Å². The average molecular weight is 1110 g/mol. The van der Waals surface area contributed by atoms with Crippen molar-refractivity contribution in [2.24, 2.45) is 35.5 Å². The number of phenolic OH excluding ortho intramolecular Hbond substituents is 2. The number of carbonyl (C=O) groups is 2. The number of rotatable bonds is 7. The number of hydrogen-bond acceptors (Lipinski definition) is 11. The summed E-state index contributed by atoms with van der Waals surface area (Å²) in [5, 5.41) is 72.4. The molecule has 2 saturated carbocycles. The Hall–Kier alpha value is -6.36. The molecule has 0 amide bonds. The van der Waals surface area contributed by atoms with Gasteiger partial charge in [-0.1, -0.05) is 114 Å². The molecule has 1 aromatic heterocycles. The Kier molecular flexibility index (Phi) is 18.7. The van der Waals surface area contributed by atoms with Crippen LogP contribution in [0.1, 0.15) is 162 Å². The summed E-state index contributed by atoms with van der Waals surface area (Å²) in [6.45, 7) is 10.3. The van der Waals surface area contributed by atoms with Crippen LogP contribution < -0.4 is 20.7 Å². The molecule has 10 rings (SSSR count). The smallest absolute Gasteiger partial charge is 0.173 e. The highest BCUT2D eigenvalue weighted by molar-refractivity contribution is 6.06. The molecule has 3 heterocycles. The van der Waals surface area contributed by atoms with Crippen molar-refractivity contribution in [2.75, 3.05) is 32.1 Å². The molecule has 0 saturated heterocycles. The van der Waals surface area contributed by atoms with Crippen LogP contribution in [0, 0.1) is 47.3 Å². The summed E-state index contributed by atoms with van der Waals surface area (Å²) in [7, 11) is 1.50. The van der Waals surface area contributed by atoms with E-state index < -0.39 is 53.0 Å². The van der Waals surface area contributed by atoms with E-state index >= 15 is 4.79 Å². The zero-order valence-electron chi connectivity index (χ0n) is 48.9. The number of aliphatic hydroxyl groups excluding tert-OH is 3. The van der Waals surface area contributed by atoms with E-state index in [0.29, 0.717) is 68.6 Å². The summed E-state index contributed by atoms with van der Waals surface area (Å²) >= 11 is 0. The first kappa shape index (κ1) is 58.8. The molecular formula is C70H88N4O8. The maximum atomic E-state index is 15.5. The van der Waals surface area contributed by atoms with Crippen molar-refractivity contribution < 1.29 is 39.9 Å². The summed E-state index contributed by atoms with van der Waals surface area (Å²) < 4.78 is 5.63. The lowest BCUT2D eigenvalue weighted by Crippen LogP contribution is -2.48. The highest BCUT2D eigenvalue weighted by Crippen LogP contribution is 2.51. The molecule has 12 heteroatoms. The third-order valence-corrected chi connectivity index (χ3v) is 19.3. The number of H-pyrrole nitrogens is 1. The fourth-order valence-electron chi connectivity index (χ4n) is 14.7. The van der Waals surface area contributed by atoms with E-state index in [0.717, 1.165) is 114 Å². The van der Waals surface area contributed by atoms with Gasteiger partial charge in [-0.3, -0.25) is 9.59 Å². The van der Waals surface area contributed by atoms with Gasteiger partial charge in [0.15, 0.2) is 29.2 Å². The number of aromatic hydroxyl groups is 2. The number of β-amino-alcohol motifs (C(OH)–C–C–N with tert-alkyl or cyclic N) is 1. The van der Waals surface area contributed by atoms with Crippen LogP contribution in [0.3, 0.4) is 0 Å². The maximum absolute atomic E-state index is 15.5. The van der Waals surface area contributed by atoms with Crippen LogP contribution in [0.25, 0.3) is 10.8 Å². The number of aromatic amines is 1. The summed E-state index contributed by atoms with van der Waals surface area (Å²) in [6.07, 6.45) is 13.8. The molecule has 82 heavy (non-hydrogen) atoms. The molecule has 10 atom stereocenters. The largest absolute Gasteiger partial charge is 0.507 e. The van der Waals surface area contributed by atoms with Gasteiger partial charge in [0.2, 0.25) is 0 Å². The van der Waals surface area contributed by atoms with Crippen molar-refractivity contribution in [3.63, 3.8) is 0 Å². The Bertz CT molecular complexity index is 3210. The van der Waals surface area contributed by atoms with E-state index in [1.807, 2.05) is 36.4 Å². The molecular weight excluding hydrogens is 1020 g/mol. The van der Waals surface area contributed by atoms with E-state index in [2.05, 4.69) is 103 Å². The highest BCUT2D eigenvalue weighted by atomic mass is 16.5. The summed E-state index contributed by atoms with van der Waals surface area (Å²) in [5.74, 6) is 6.05. The van der Waals surface area contributed by atoms with Crippen molar-refractivity contribution in [1.29, 1.82) is 0 Å².